The van der Waals surface area contributed by atoms with Gasteiger partial charge in [0.25, 0.3) is 5.91 Å². The molecule has 2 aromatic rings. The minimum Gasteiger partial charge on any atom is -0.490 e. The highest BCUT2D eigenvalue weighted by atomic mass is 16.5. The van der Waals surface area contributed by atoms with E-state index in [1.165, 1.54) is 4.90 Å². The predicted octanol–water partition coefficient (Wildman–Crippen LogP) is 3.34. The number of benzene rings is 2. The molecule has 0 saturated heterocycles. The van der Waals surface area contributed by atoms with Crippen molar-refractivity contribution in [3.63, 3.8) is 0 Å². The summed E-state index contributed by atoms with van der Waals surface area (Å²) in [4.78, 5) is 26.3. The number of amides is 2. The Labute approximate surface area is 171 Å². The number of carbonyl (C=O) groups is 2. The second-order valence-corrected chi connectivity index (χ2v) is 6.37. The zero-order valence-electron chi connectivity index (χ0n) is 17.4. The second kappa shape index (κ2) is 11.1. The topological polar surface area (TPSA) is 77.1 Å². The third kappa shape index (κ3) is 6.50. The minimum absolute atomic E-state index is 0.0736. The Kier molecular flexibility index (Phi) is 8.48. The van der Waals surface area contributed by atoms with Crippen molar-refractivity contribution < 1.29 is 23.8 Å². The first-order valence-corrected chi connectivity index (χ1v) is 9.51. The van der Waals surface area contributed by atoms with Crippen LogP contribution in [-0.4, -0.2) is 50.6 Å². The van der Waals surface area contributed by atoms with E-state index in [0.717, 1.165) is 5.56 Å². The first kappa shape index (κ1) is 22.2. The maximum Gasteiger partial charge on any atom is 0.254 e. The zero-order valence-corrected chi connectivity index (χ0v) is 17.4. The summed E-state index contributed by atoms with van der Waals surface area (Å²) in [6.07, 6.45) is 0. The molecule has 0 saturated carbocycles. The molecule has 0 unspecified atom stereocenters. The number of carbonyl (C=O) groups excluding carboxylic acids is 2. The lowest BCUT2D eigenvalue weighted by atomic mass is 10.1. The van der Waals surface area contributed by atoms with Gasteiger partial charge < -0.3 is 24.4 Å². The summed E-state index contributed by atoms with van der Waals surface area (Å²) in [6, 6.07) is 12.3. The molecule has 0 aliphatic rings. The normalized spacial score (nSPS) is 10.3. The van der Waals surface area contributed by atoms with Crippen molar-refractivity contribution in [3.05, 3.63) is 53.6 Å². The molecule has 1 N–H and O–H groups in total. The molecule has 0 fully saturated rings. The van der Waals surface area contributed by atoms with Gasteiger partial charge in [0.15, 0.2) is 11.5 Å². The van der Waals surface area contributed by atoms with Gasteiger partial charge in [-0.3, -0.25) is 9.59 Å². The molecular weight excluding hydrogens is 372 g/mol. The lowest BCUT2D eigenvalue weighted by Crippen LogP contribution is -2.34. The number of hydrogen-bond acceptors (Lipinski definition) is 5. The Bertz CT molecular complexity index is 820. The van der Waals surface area contributed by atoms with E-state index in [1.54, 1.807) is 44.5 Å². The fraction of sp³-hybridized carbons (Fsp3) is 0.364. The Morgan fingerprint density at radius 2 is 1.62 bits per heavy atom. The predicted molar refractivity (Wildman–Crippen MR) is 112 cm³/mol. The molecule has 156 valence electrons. The van der Waals surface area contributed by atoms with Gasteiger partial charge in [0, 0.05) is 31.5 Å². The lowest BCUT2D eigenvalue weighted by molar-refractivity contribution is -0.116. The third-order valence-electron chi connectivity index (χ3n) is 4.07. The van der Waals surface area contributed by atoms with Gasteiger partial charge in [-0.25, -0.2) is 0 Å². The highest BCUT2D eigenvalue weighted by Crippen LogP contribution is 2.30. The quantitative estimate of drug-likeness (QED) is 0.662. The summed E-state index contributed by atoms with van der Waals surface area (Å²) >= 11 is 0. The van der Waals surface area contributed by atoms with Crippen molar-refractivity contribution >= 4 is 17.5 Å². The molecule has 2 rings (SSSR count). The zero-order chi connectivity index (χ0) is 21.2. The van der Waals surface area contributed by atoms with E-state index in [9.17, 15) is 9.59 Å². The van der Waals surface area contributed by atoms with E-state index < -0.39 is 0 Å². The third-order valence-corrected chi connectivity index (χ3v) is 4.07. The van der Waals surface area contributed by atoms with Gasteiger partial charge in [-0.1, -0.05) is 12.1 Å². The number of hydrogen-bond donors (Lipinski definition) is 1. The van der Waals surface area contributed by atoms with E-state index >= 15 is 0 Å². The summed E-state index contributed by atoms with van der Waals surface area (Å²) < 4.78 is 16.2. The van der Waals surface area contributed by atoms with Gasteiger partial charge in [-0.15, -0.1) is 0 Å². The first-order chi connectivity index (χ1) is 14.0. The fourth-order valence-electron chi connectivity index (χ4n) is 2.75. The Balaban J connectivity index is 1.98. The molecular formula is C22H28N2O5. The van der Waals surface area contributed by atoms with Crippen molar-refractivity contribution in [2.45, 2.75) is 20.5 Å². The van der Waals surface area contributed by atoms with Gasteiger partial charge in [-0.05, 0) is 43.7 Å². The number of methoxy groups -OCH3 is 1. The number of nitrogens with zero attached hydrogens (tertiary/aromatic N) is 1. The van der Waals surface area contributed by atoms with Gasteiger partial charge in [0.2, 0.25) is 5.91 Å². The average Bonchev–Trinajstić information content (AvgIpc) is 2.70. The Morgan fingerprint density at radius 3 is 2.24 bits per heavy atom. The van der Waals surface area contributed by atoms with Crippen LogP contribution in [-0.2, 0) is 16.1 Å². The number of rotatable bonds is 10. The van der Waals surface area contributed by atoms with Crippen LogP contribution in [0.15, 0.2) is 42.5 Å². The number of likely N-dealkylation sites (N-methyl/N-ethyl adjacent to an activating group) is 1. The van der Waals surface area contributed by atoms with Crippen LogP contribution in [0.2, 0.25) is 0 Å². The molecule has 0 spiro atoms. The maximum atomic E-state index is 12.5. The number of anilines is 1. The van der Waals surface area contributed by atoms with Crippen molar-refractivity contribution in [2.75, 3.05) is 39.2 Å². The smallest absolute Gasteiger partial charge is 0.254 e. The van der Waals surface area contributed by atoms with Gasteiger partial charge in [0.1, 0.15) is 0 Å². The Morgan fingerprint density at radius 1 is 0.966 bits per heavy atom. The molecule has 0 aliphatic heterocycles. The van der Waals surface area contributed by atoms with Crippen molar-refractivity contribution in [1.82, 2.24) is 4.90 Å². The van der Waals surface area contributed by atoms with E-state index in [1.807, 2.05) is 26.0 Å². The van der Waals surface area contributed by atoms with Gasteiger partial charge in [-0.2, -0.15) is 0 Å². The summed E-state index contributed by atoms with van der Waals surface area (Å²) in [7, 11) is 3.21. The van der Waals surface area contributed by atoms with Crippen molar-refractivity contribution in [2.24, 2.45) is 0 Å². The minimum atomic E-state index is -0.302. The standard InChI is InChI=1S/C22H28N2O5/c1-5-28-19-12-11-18(13-20(19)29-6-2)23-21(25)14-24(3)22(26)17-9-7-16(8-10-17)15-27-4/h7-13H,5-6,14-15H2,1-4H3,(H,23,25). The van der Waals surface area contributed by atoms with Crippen molar-refractivity contribution in [3.8, 4) is 11.5 Å². The molecule has 0 radical (unpaired) electrons. The lowest BCUT2D eigenvalue weighted by Gasteiger charge is -2.18. The molecule has 0 atom stereocenters. The molecule has 7 heteroatoms. The van der Waals surface area contributed by atoms with Crippen LogP contribution in [0.1, 0.15) is 29.8 Å². The monoisotopic (exact) mass is 400 g/mol. The highest BCUT2D eigenvalue weighted by Gasteiger charge is 2.16. The summed E-state index contributed by atoms with van der Waals surface area (Å²) in [5.74, 6) is 0.651. The van der Waals surface area contributed by atoms with Crippen LogP contribution in [0.4, 0.5) is 5.69 Å². The molecule has 0 aromatic heterocycles. The van der Waals surface area contributed by atoms with Gasteiger partial charge >= 0.3 is 0 Å². The molecule has 0 bridgehead atoms. The van der Waals surface area contributed by atoms with E-state index in [2.05, 4.69) is 5.32 Å². The SMILES string of the molecule is CCOc1ccc(NC(=O)CN(C)C(=O)c2ccc(COC)cc2)cc1OCC. The number of nitrogens with one attached hydrogen (secondary N) is 1. The van der Waals surface area contributed by atoms with E-state index in [4.69, 9.17) is 14.2 Å². The van der Waals surface area contributed by atoms with Crippen LogP contribution < -0.4 is 14.8 Å². The largest absolute Gasteiger partial charge is 0.490 e. The fourth-order valence-corrected chi connectivity index (χ4v) is 2.75. The van der Waals surface area contributed by atoms with Crippen molar-refractivity contribution in [1.29, 1.82) is 0 Å². The van der Waals surface area contributed by atoms with Crippen LogP contribution in [0, 0.1) is 0 Å². The molecule has 7 nitrogen and oxygen atoms in total. The summed E-state index contributed by atoms with van der Waals surface area (Å²) in [5.41, 5.74) is 2.07. The Hall–Kier alpha value is -3.06. The summed E-state index contributed by atoms with van der Waals surface area (Å²) in [6.45, 7) is 5.18. The van der Waals surface area contributed by atoms with Crippen LogP contribution in [0.3, 0.4) is 0 Å². The average molecular weight is 400 g/mol. The second-order valence-electron chi connectivity index (χ2n) is 6.37. The van der Waals surface area contributed by atoms with Crippen LogP contribution in [0.5, 0.6) is 11.5 Å². The first-order valence-electron chi connectivity index (χ1n) is 9.51. The van der Waals surface area contributed by atoms with E-state index in [-0.39, 0.29) is 18.4 Å². The molecule has 2 aromatic carbocycles. The molecule has 2 amide bonds. The van der Waals surface area contributed by atoms with Crippen LogP contribution in [0.25, 0.3) is 0 Å². The highest BCUT2D eigenvalue weighted by molar-refractivity contribution is 5.99. The van der Waals surface area contributed by atoms with E-state index in [0.29, 0.717) is 42.6 Å². The maximum absolute atomic E-state index is 12.5. The molecule has 0 heterocycles. The van der Waals surface area contributed by atoms with Crippen LogP contribution >= 0.6 is 0 Å². The number of ether oxygens (including phenoxy) is 3. The summed E-state index contributed by atoms with van der Waals surface area (Å²) in [5, 5.41) is 2.79. The molecule has 29 heavy (non-hydrogen) atoms. The molecule has 0 aliphatic carbocycles. The van der Waals surface area contributed by atoms with Gasteiger partial charge in [0.05, 0.1) is 26.4 Å².